The van der Waals surface area contributed by atoms with Crippen LogP contribution in [0.2, 0.25) is 0 Å². The van der Waals surface area contributed by atoms with E-state index in [2.05, 4.69) is 57.1 Å². The molecule has 1 fully saturated rings. The summed E-state index contributed by atoms with van der Waals surface area (Å²) in [5, 5.41) is 3.27. The summed E-state index contributed by atoms with van der Waals surface area (Å²) >= 11 is 2.35. The van der Waals surface area contributed by atoms with E-state index in [9.17, 15) is 0 Å². The molecule has 16 heavy (non-hydrogen) atoms. The van der Waals surface area contributed by atoms with Crippen molar-refractivity contribution in [3.8, 4) is 0 Å². The van der Waals surface area contributed by atoms with E-state index in [-0.39, 0.29) is 0 Å². The van der Waals surface area contributed by atoms with Crippen molar-refractivity contribution in [2.45, 2.75) is 13.0 Å². The molecule has 1 saturated heterocycles. The number of hydrogen-bond donors (Lipinski definition) is 1. The van der Waals surface area contributed by atoms with Crippen LogP contribution in [0.3, 0.4) is 0 Å². The maximum Gasteiger partial charge on any atom is 0.0233 e. The summed E-state index contributed by atoms with van der Waals surface area (Å²) in [6, 6.07) is 8.87. The molecule has 2 nitrogen and oxygen atoms in total. The molecule has 1 N–H and O–H groups in total. The van der Waals surface area contributed by atoms with E-state index in [4.69, 9.17) is 0 Å². The third-order valence-corrected chi connectivity index (χ3v) is 3.90. The Morgan fingerprint density at radius 3 is 2.81 bits per heavy atom. The van der Waals surface area contributed by atoms with E-state index in [1.165, 1.54) is 28.6 Å². The lowest BCUT2D eigenvalue weighted by Crippen LogP contribution is -2.24. The highest BCUT2D eigenvalue weighted by molar-refractivity contribution is 14.1. The van der Waals surface area contributed by atoms with Crippen molar-refractivity contribution in [1.29, 1.82) is 0 Å². The smallest absolute Gasteiger partial charge is 0.0233 e. The molecule has 1 aromatic carbocycles. The van der Waals surface area contributed by atoms with E-state index in [1.54, 1.807) is 0 Å². The first kappa shape index (κ1) is 12.3. The first-order chi connectivity index (χ1) is 7.78. The molecule has 0 radical (unpaired) electrons. The van der Waals surface area contributed by atoms with Gasteiger partial charge in [-0.2, -0.15) is 0 Å². The van der Waals surface area contributed by atoms with Gasteiger partial charge in [0.2, 0.25) is 0 Å². The van der Waals surface area contributed by atoms with E-state index in [1.807, 2.05) is 7.05 Å². The van der Waals surface area contributed by atoms with E-state index in [0.29, 0.717) is 0 Å². The lowest BCUT2D eigenvalue weighted by atomic mass is 10.1. The number of hydrogen-bond acceptors (Lipinski definition) is 2. The molecule has 0 amide bonds. The van der Waals surface area contributed by atoms with Gasteiger partial charge in [-0.05, 0) is 72.8 Å². The minimum atomic E-state index is 0.842. The fourth-order valence-corrected chi connectivity index (χ4v) is 2.72. The minimum absolute atomic E-state index is 0.842. The first-order valence-corrected chi connectivity index (χ1v) is 6.97. The molecule has 1 aliphatic heterocycles. The van der Waals surface area contributed by atoms with Gasteiger partial charge in [-0.3, -0.25) is 4.90 Å². The van der Waals surface area contributed by atoms with Crippen LogP contribution < -0.4 is 5.32 Å². The molecule has 0 saturated carbocycles. The fraction of sp³-hybridized carbons (Fsp3) is 0.538. The van der Waals surface area contributed by atoms with Crippen LogP contribution in [0.25, 0.3) is 0 Å². The highest BCUT2D eigenvalue weighted by atomic mass is 127. The van der Waals surface area contributed by atoms with Crippen molar-refractivity contribution >= 4 is 22.6 Å². The van der Waals surface area contributed by atoms with Crippen molar-refractivity contribution in [3.05, 3.63) is 33.4 Å². The molecule has 88 valence electrons. The van der Waals surface area contributed by atoms with Crippen LogP contribution >= 0.6 is 22.6 Å². The van der Waals surface area contributed by atoms with Crippen LogP contribution in [0.15, 0.2) is 24.3 Å². The van der Waals surface area contributed by atoms with Gasteiger partial charge in [0, 0.05) is 16.7 Å². The Kier molecular flexibility index (Phi) is 4.61. The number of halogens is 1. The van der Waals surface area contributed by atoms with Gasteiger partial charge >= 0.3 is 0 Å². The number of likely N-dealkylation sites (tertiary alicyclic amines) is 1. The summed E-state index contributed by atoms with van der Waals surface area (Å²) in [7, 11) is 2.04. The Hall–Kier alpha value is -0.130. The van der Waals surface area contributed by atoms with E-state index >= 15 is 0 Å². The molecule has 1 aromatic rings. The Morgan fingerprint density at radius 2 is 2.12 bits per heavy atom. The molecule has 1 aliphatic rings. The molecule has 1 atom stereocenters. The number of benzene rings is 1. The summed E-state index contributed by atoms with van der Waals surface area (Å²) in [6.07, 6.45) is 1.34. The zero-order valence-corrected chi connectivity index (χ0v) is 11.9. The molecule has 0 spiro atoms. The zero-order valence-electron chi connectivity index (χ0n) is 9.75. The predicted octanol–water partition coefficient (Wildman–Crippen LogP) is 2.33. The highest BCUT2D eigenvalue weighted by Crippen LogP contribution is 2.18. The van der Waals surface area contributed by atoms with Crippen molar-refractivity contribution in [3.63, 3.8) is 0 Å². The van der Waals surface area contributed by atoms with Gasteiger partial charge in [-0.25, -0.2) is 0 Å². The lowest BCUT2D eigenvalue weighted by molar-refractivity contribution is 0.315. The van der Waals surface area contributed by atoms with Crippen LogP contribution in [0.4, 0.5) is 0 Å². The molecule has 3 heteroatoms. The second-order valence-electron chi connectivity index (χ2n) is 4.57. The quantitative estimate of drug-likeness (QED) is 0.853. The normalized spacial score (nSPS) is 21.5. The summed E-state index contributed by atoms with van der Waals surface area (Å²) < 4.78 is 1.32. The van der Waals surface area contributed by atoms with Crippen molar-refractivity contribution in [1.82, 2.24) is 10.2 Å². The van der Waals surface area contributed by atoms with Crippen LogP contribution in [-0.2, 0) is 6.54 Å². The van der Waals surface area contributed by atoms with Gasteiger partial charge in [0.1, 0.15) is 0 Å². The summed E-state index contributed by atoms with van der Waals surface area (Å²) in [5.74, 6) is 0.842. The first-order valence-electron chi connectivity index (χ1n) is 5.89. The van der Waals surface area contributed by atoms with Crippen LogP contribution in [-0.4, -0.2) is 31.6 Å². The maximum absolute atomic E-state index is 3.27. The molecule has 1 unspecified atom stereocenters. The summed E-state index contributed by atoms with van der Waals surface area (Å²) in [6.45, 7) is 4.76. The Labute approximate surface area is 112 Å². The average Bonchev–Trinajstić information content (AvgIpc) is 2.70. The molecular weight excluding hydrogens is 311 g/mol. The Bertz CT molecular complexity index is 323. The van der Waals surface area contributed by atoms with Crippen molar-refractivity contribution < 1.29 is 0 Å². The Balaban J connectivity index is 1.84. The standard InChI is InChI=1S/C13H19IN2/c1-15-8-12-6-7-16(10-12)9-11-2-4-13(14)5-3-11/h2-5,12,15H,6-10H2,1H3. The molecule has 1 heterocycles. The molecule has 0 aromatic heterocycles. The molecule has 0 aliphatic carbocycles. The fourth-order valence-electron chi connectivity index (χ4n) is 2.36. The third-order valence-electron chi connectivity index (χ3n) is 3.18. The van der Waals surface area contributed by atoms with Gasteiger partial charge in [0.15, 0.2) is 0 Å². The van der Waals surface area contributed by atoms with E-state index in [0.717, 1.165) is 19.0 Å². The third kappa shape index (κ3) is 3.43. The lowest BCUT2D eigenvalue weighted by Gasteiger charge is -2.16. The van der Waals surface area contributed by atoms with Gasteiger partial charge < -0.3 is 5.32 Å². The van der Waals surface area contributed by atoms with Gasteiger partial charge in [0.05, 0.1) is 0 Å². The van der Waals surface area contributed by atoms with Crippen LogP contribution in [0.5, 0.6) is 0 Å². The summed E-state index contributed by atoms with van der Waals surface area (Å²) in [4.78, 5) is 2.56. The van der Waals surface area contributed by atoms with Crippen molar-refractivity contribution in [2.24, 2.45) is 5.92 Å². The second-order valence-corrected chi connectivity index (χ2v) is 5.82. The molecule has 0 bridgehead atoms. The maximum atomic E-state index is 3.27. The number of rotatable bonds is 4. The zero-order chi connectivity index (χ0) is 11.4. The second kappa shape index (κ2) is 5.98. The minimum Gasteiger partial charge on any atom is -0.319 e. The predicted molar refractivity (Wildman–Crippen MR) is 76.5 cm³/mol. The van der Waals surface area contributed by atoms with Crippen LogP contribution in [0, 0.1) is 9.49 Å². The van der Waals surface area contributed by atoms with Gasteiger partial charge in [0.25, 0.3) is 0 Å². The SMILES string of the molecule is CNCC1CCN(Cc2ccc(I)cc2)C1. The van der Waals surface area contributed by atoms with Gasteiger partial charge in [-0.1, -0.05) is 12.1 Å². The molecule has 2 rings (SSSR count). The Morgan fingerprint density at radius 1 is 1.38 bits per heavy atom. The number of nitrogens with zero attached hydrogens (tertiary/aromatic N) is 1. The number of nitrogens with one attached hydrogen (secondary N) is 1. The van der Waals surface area contributed by atoms with E-state index < -0.39 is 0 Å². The monoisotopic (exact) mass is 330 g/mol. The average molecular weight is 330 g/mol. The topological polar surface area (TPSA) is 15.3 Å². The molecular formula is C13H19IN2. The highest BCUT2D eigenvalue weighted by Gasteiger charge is 2.21. The van der Waals surface area contributed by atoms with Crippen molar-refractivity contribution in [2.75, 3.05) is 26.7 Å². The van der Waals surface area contributed by atoms with Gasteiger partial charge in [-0.15, -0.1) is 0 Å². The summed E-state index contributed by atoms with van der Waals surface area (Å²) in [5.41, 5.74) is 1.44. The van der Waals surface area contributed by atoms with Crippen LogP contribution in [0.1, 0.15) is 12.0 Å². The largest absolute Gasteiger partial charge is 0.319 e.